The number of hydrogen-bond donors (Lipinski definition) is 1. The molecule has 0 bridgehead atoms. The molecule has 1 aliphatic rings. The van der Waals surface area contributed by atoms with Crippen molar-refractivity contribution in [3.05, 3.63) is 70.3 Å². The third kappa shape index (κ3) is 4.85. The molecule has 0 saturated carbocycles. The second kappa shape index (κ2) is 9.16. The summed E-state index contributed by atoms with van der Waals surface area (Å²) in [5, 5.41) is 2.67. The van der Waals surface area contributed by atoms with Crippen molar-refractivity contribution in [3.8, 4) is 5.75 Å². The van der Waals surface area contributed by atoms with E-state index in [0.29, 0.717) is 9.87 Å². The predicted octanol–water partition coefficient (Wildman–Crippen LogP) is 3.31. The lowest BCUT2D eigenvalue weighted by Crippen LogP contribution is -2.40. The van der Waals surface area contributed by atoms with Gasteiger partial charge in [-0.1, -0.05) is 30.3 Å². The fourth-order valence-electron chi connectivity index (χ4n) is 3.45. The molecule has 2 aromatic carbocycles. The Bertz CT molecular complexity index is 1180. The third-order valence-electron chi connectivity index (χ3n) is 5.28. The van der Waals surface area contributed by atoms with Gasteiger partial charge in [-0.2, -0.15) is 0 Å². The molecule has 0 radical (unpaired) electrons. The molecule has 7 nitrogen and oxygen atoms in total. The van der Waals surface area contributed by atoms with E-state index < -0.39 is 28.4 Å². The number of hydrogen-bond acceptors (Lipinski definition) is 5. The predicted molar refractivity (Wildman–Crippen MR) is 123 cm³/mol. The molecule has 1 N–H and O–H groups in total. The Kier molecular flexibility index (Phi) is 6.74. The van der Waals surface area contributed by atoms with Crippen LogP contribution in [-0.2, 0) is 26.2 Å². The molecule has 0 saturated heterocycles. The first-order valence-electron chi connectivity index (χ1n) is 10.4. The van der Waals surface area contributed by atoms with E-state index in [1.54, 1.807) is 24.3 Å². The second-order valence-electron chi connectivity index (χ2n) is 8.16. The third-order valence-corrected chi connectivity index (χ3v) is 7.21. The summed E-state index contributed by atoms with van der Waals surface area (Å²) in [6.45, 7) is 8.79. The number of aryl methyl sites for hydroxylation is 2. The highest BCUT2D eigenvalue weighted by Gasteiger charge is 2.43. The minimum Gasteiger partial charge on any atom is -0.491 e. The maximum absolute atomic E-state index is 13.1. The van der Waals surface area contributed by atoms with Crippen molar-refractivity contribution in [3.63, 3.8) is 0 Å². The van der Waals surface area contributed by atoms with Crippen LogP contribution in [0.4, 0.5) is 0 Å². The fraction of sp³-hybridized carbons (Fsp3) is 0.333. The lowest BCUT2D eigenvalue weighted by Gasteiger charge is -2.17. The number of nitrogens with one attached hydrogen (secondary N) is 1. The smallest absolute Gasteiger partial charge is 0.268 e. The Morgan fingerprint density at radius 2 is 1.69 bits per heavy atom. The Labute approximate surface area is 189 Å². The number of carbonyl (C=O) groups excluding carboxylic acids is 2. The SMILES string of the molecule is CC1=C(c2ccc(C)c(C)c2)S(=O)(=O)N(CC(=O)NCc2ccc(OC(C)C)cc2)C1=O. The van der Waals surface area contributed by atoms with Gasteiger partial charge in [0.1, 0.15) is 17.2 Å². The molecule has 2 aromatic rings. The number of nitrogens with zero attached hydrogens (tertiary/aromatic N) is 1. The van der Waals surface area contributed by atoms with Crippen LogP contribution in [0.15, 0.2) is 48.0 Å². The van der Waals surface area contributed by atoms with Crippen molar-refractivity contribution in [2.75, 3.05) is 6.54 Å². The van der Waals surface area contributed by atoms with Crippen LogP contribution in [0, 0.1) is 13.8 Å². The summed E-state index contributed by atoms with van der Waals surface area (Å²) in [6.07, 6.45) is 0.0614. The molecule has 1 aliphatic heterocycles. The molecular formula is C24H28N2O5S. The van der Waals surface area contributed by atoms with Crippen molar-refractivity contribution >= 4 is 26.7 Å². The topological polar surface area (TPSA) is 92.8 Å². The molecule has 3 rings (SSSR count). The average Bonchev–Trinajstić information content (AvgIpc) is 2.88. The summed E-state index contributed by atoms with van der Waals surface area (Å²) >= 11 is 0. The lowest BCUT2D eigenvalue weighted by molar-refractivity contribution is -0.128. The van der Waals surface area contributed by atoms with Crippen molar-refractivity contribution in [2.45, 2.75) is 47.3 Å². The Morgan fingerprint density at radius 3 is 2.28 bits per heavy atom. The summed E-state index contributed by atoms with van der Waals surface area (Å²) in [6, 6.07) is 12.5. The maximum atomic E-state index is 13.1. The van der Waals surface area contributed by atoms with Gasteiger partial charge in [0.15, 0.2) is 0 Å². The van der Waals surface area contributed by atoms with Crippen LogP contribution < -0.4 is 10.1 Å². The number of carbonyl (C=O) groups is 2. The van der Waals surface area contributed by atoms with Crippen LogP contribution in [0.25, 0.3) is 4.91 Å². The van der Waals surface area contributed by atoms with E-state index in [-0.39, 0.29) is 23.1 Å². The van der Waals surface area contributed by atoms with E-state index >= 15 is 0 Å². The Balaban J connectivity index is 1.69. The zero-order chi connectivity index (χ0) is 23.6. The highest BCUT2D eigenvalue weighted by molar-refractivity contribution is 7.99. The van der Waals surface area contributed by atoms with Crippen LogP contribution in [0.5, 0.6) is 5.75 Å². The van der Waals surface area contributed by atoms with Gasteiger partial charge in [-0.15, -0.1) is 0 Å². The van der Waals surface area contributed by atoms with Gasteiger partial charge in [-0.05, 0) is 69.0 Å². The molecule has 0 fully saturated rings. The molecule has 0 atom stereocenters. The minimum absolute atomic E-state index is 0.0425. The molecule has 2 amide bonds. The maximum Gasteiger partial charge on any atom is 0.268 e. The van der Waals surface area contributed by atoms with Gasteiger partial charge in [0.25, 0.3) is 15.9 Å². The van der Waals surface area contributed by atoms with Gasteiger partial charge in [0, 0.05) is 12.1 Å². The molecule has 1 heterocycles. The van der Waals surface area contributed by atoms with Crippen LogP contribution in [0.3, 0.4) is 0 Å². The Hall–Kier alpha value is -3.13. The van der Waals surface area contributed by atoms with Crippen molar-refractivity contribution in [1.29, 1.82) is 0 Å². The minimum atomic E-state index is -4.12. The monoisotopic (exact) mass is 456 g/mol. The van der Waals surface area contributed by atoms with Crippen LogP contribution in [0.1, 0.15) is 43.0 Å². The zero-order valence-corrected chi connectivity index (χ0v) is 19.7. The number of sulfonamides is 1. The summed E-state index contributed by atoms with van der Waals surface area (Å²) < 4.78 is 32.4. The lowest BCUT2D eigenvalue weighted by atomic mass is 10.0. The van der Waals surface area contributed by atoms with Crippen molar-refractivity contribution in [2.24, 2.45) is 0 Å². The van der Waals surface area contributed by atoms with E-state index in [1.165, 1.54) is 6.92 Å². The van der Waals surface area contributed by atoms with Gasteiger partial charge >= 0.3 is 0 Å². The van der Waals surface area contributed by atoms with E-state index in [9.17, 15) is 18.0 Å². The number of rotatable bonds is 7. The van der Waals surface area contributed by atoms with Gasteiger partial charge in [-0.3, -0.25) is 9.59 Å². The average molecular weight is 457 g/mol. The first-order chi connectivity index (χ1) is 15.0. The normalized spacial score (nSPS) is 15.4. The summed E-state index contributed by atoms with van der Waals surface area (Å²) in [5.74, 6) is -0.508. The van der Waals surface area contributed by atoms with E-state index in [2.05, 4.69) is 5.32 Å². The Morgan fingerprint density at radius 1 is 1.03 bits per heavy atom. The van der Waals surface area contributed by atoms with Crippen molar-refractivity contribution in [1.82, 2.24) is 9.62 Å². The first kappa shape index (κ1) is 23.5. The molecule has 0 aliphatic carbocycles. The molecule has 170 valence electrons. The summed E-state index contributed by atoms with van der Waals surface area (Å²) in [5.41, 5.74) is 3.34. The highest BCUT2D eigenvalue weighted by atomic mass is 32.2. The second-order valence-corrected chi connectivity index (χ2v) is 9.96. The van der Waals surface area contributed by atoms with E-state index in [0.717, 1.165) is 22.4 Å². The van der Waals surface area contributed by atoms with Crippen molar-refractivity contribution < 1.29 is 22.7 Å². The standard InChI is InChI=1S/C24H28N2O5S/c1-15(2)31-21-10-7-19(8-11-21)13-25-22(27)14-26-24(28)18(5)23(32(26,29)30)20-9-6-16(3)17(4)12-20/h6-12,15H,13-14H2,1-5H3,(H,25,27). The van der Waals surface area contributed by atoms with Gasteiger partial charge < -0.3 is 10.1 Å². The largest absolute Gasteiger partial charge is 0.491 e. The first-order valence-corrected chi connectivity index (χ1v) is 11.8. The van der Waals surface area contributed by atoms with Gasteiger partial charge in [0.05, 0.1) is 6.10 Å². The van der Waals surface area contributed by atoms with Crippen LogP contribution >= 0.6 is 0 Å². The quantitative estimate of drug-likeness (QED) is 0.690. The van der Waals surface area contributed by atoms with Crippen LogP contribution in [0.2, 0.25) is 0 Å². The number of benzene rings is 2. The van der Waals surface area contributed by atoms with E-state index in [1.807, 2.05) is 45.9 Å². The molecular weight excluding hydrogens is 428 g/mol. The van der Waals surface area contributed by atoms with Gasteiger partial charge in [-0.25, -0.2) is 12.7 Å². The zero-order valence-electron chi connectivity index (χ0n) is 18.9. The molecule has 0 aromatic heterocycles. The molecule has 0 unspecified atom stereocenters. The van der Waals surface area contributed by atoms with Gasteiger partial charge in [0.2, 0.25) is 5.91 Å². The summed E-state index contributed by atoms with van der Waals surface area (Å²) in [4.78, 5) is 25.1. The fourth-order valence-corrected chi connectivity index (χ4v) is 5.21. The molecule has 8 heteroatoms. The molecule has 32 heavy (non-hydrogen) atoms. The summed E-state index contributed by atoms with van der Waals surface area (Å²) in [7, 11) is -4.12. The highest BCUT2D eigenvalue weighted by Crippen LogP contribution is 2.35. The number of amides is 2. The number of ether oxygens (including phenoxy) is 1. The van der Waals surface area contributed by atoms with Crippen LogP contribution in [-0.4, -0.2) is 37.2 Å². The van der Waals surface area contributed by atoms with E-state index in [4.69, 9.17) is 4.74 Å². The molecule has 0 spiro atoms.